The number of nitrogens with zero attached hydrogens (tertiary/aromatic N) is 1. The molecule has 0 saturated heterocycles. The average Bonchev–Trinajstić information content (AvgIpc) is 2.52. The maximum absolute atomic E-state index is 12.4. The molecule has 20 heavy (non-hydrogen) atoms. The lowest BCUT2D eigenvalue weighted by Gasteiger charge is -2.17. The van der Waals surface area contributed by atoms with Crippen LogP contribution in [-0.2, 0) is 11.2 Å². The largest absolute Gasteiger partial charge is 0.356 e. The van der Waals surface area contributed by atoms with E-state index in [0.717, 1.165) is 24.1 Å². The quantitative estimate of drug-likeness (QED) is 0.875. The summed E-state index contributed by atoms with van der Waals surface area (Å²) in [6.07, 6.45) is 5.17. The average molecular weight is 268 g/mol. The summed E-state index contributed by atoms with van der Waals surface area (Å²) in [7, 11) is 0. The number of pyridine rings is 1. The van der Waals surface area contributed by atoms with E-state index in [0.29, 0.717) is 6.42 Å². The molecule has 0 spiro atoms. The second-order valence-corrected chi connectivity index (χ2v) is 4.81. The SMILES string of the molecule is CCCNC(=O)C(Cc1ccncc1)c1ccccc1. The molecule has 0 aliphatic carbocycles. The van der Waals surface area contributed by atoms with E-state index in [9.17, 15) is 4.79 Å². The summed E-state index contributed by atoms with van der Waals surface area (Å²) >= 11 is 0. The van der Waals surface area contributed by atoms with Gasteiger partial charge in [0.25, 0.3) is 0 Å². The predicted molar refractivity (Wildman–Crippen MR) is 80.4 cm³/mol. The van der Waals surface area contributed by atoms with Gasteiger partial charge in [-0.15, -0.1) is 0 Å². The molecule has 1 unspecified atom stereocenters. The summed E-state index contributed by atoms with van der Waals surface area (Å²) in [5.74, 6) is -0.0555. The Balaban J connectivity index is 2.18. The van der Waals surface area contributed by atoms with E-state index in [-0.39, 0.29) is 11.8 Å². The van der Waals surface area contributed by atoms with E-state index in [1.807, 2.05) is 42.5 Å². The summed E-state index contributed by atoms with van der Waals surface area (Å²) in [6.45, 7) is 2.78. The van der Waals surface area contributed by atoms with Crippen LogP contribution in [0.4, 0.5) is 0 Å². The van der Waals surface area contributed by atoms with Crippen LogP contribution >= 0.6 is 0 Å². The number of aromatic nitrogens is 1. The third-order valence-corrected chi connectivity index (χ3v) is 3.26. The van der Waals surface area contributed by atoms with Gasteiger partial charge in [0.05, 0.1) is 5.92 Å². The molecule has 0 bridgehead atoms. The van der Waals surface area contributed by atoms with Crippen LogP contribution in [0.2, 0.25) is 0 Å². The van der Waals surface area contributed by atoms with Crippen LogP contribution in [0.5, 0.6) is 0 Å². The van der Waals surface area contributed by atoms with Gasteiger partial charge >= 0.3 is 0 Å². The third-order valence-electron chi connectivity index (χ3n) is 3.26. The van der Waals surface area contributed by atoms with Gasteiger partial charge in [0.15, 0.2) is 0 Å². The smallest absolute Gasteiger partial charge is 0.227 e. The molecule has 1 heterocycles. The molecule has 0 aliphatic rings. The van der Waals surface area contributed by atoms with E-state index < -0.39 is 0 Å². The first-order chi connectivity index (χ1) is 9.81. The molecule has 104 valence electrons. The van der Waals surface area contributed by atoms with Crippen molar-refractivity contribution in [2.45, 2.75) is 25.7 Å². The minimum Gasteiger partial charge on any atom is -0.356 e. The van der Waals surface area contributed by atoms with E-state index >= 15 is 0 Å². The molecule has 1 atom stereocenters. The highest BCUT2D eigenvalue weighted by Crippen LogP contribution is 2.21. The van der Waals surface area contributed by atoms with Crippen LogP contribution in [0.1, 0.15) is 30.4 Å². The van der Waals surface area contributed by atoms with Crippen LogP contribution in [0.3, 0.4) is 0 Å². The van der Waals surface area contributed by atoms with Crippen LogP contribution in [0.15, 0.2) is 54.9 Å². The normalized spacial score (nSPS) is 11.8. The topological polar surface area (TPSA) is 42.0 Å². The van der Waals surface area contributed by atoms with Gasteiger partial charge in [-0.25, -0.2) is 0 Å². The molecule has 0 aliphatic heterocycles. The van der Waals surface area contributed by atoms with E-state index in [1.165, 1.54) is 0 Å². The van der Waals surface area contributed by atoms with Crippen molar-refractivity contribution in [1.82, 2.24) is 10.3 Å². The highest BCUT2D eigenvalue weighted by molar-refractivity contribution is 5.83. The molecule has 1 amide bonds. The number of hydrogen-bond acceptors (Lipinski definition) is 2. The fourth-order valence-corrected chi connectivity index (χ4v) is 2.17. The number of benzene rings is 1. The van der Waals surface area contributed by atoms with E-state index in [1.54, 1.807) is 12.4 Å². The minimum absolute atomic E-state index is 0.0925. The second-order valence-electron chi connectivity index (χ2n) is 4.81. The minimum atomic E-state index is -0.148. The van der Waals surface area contributed by atoms with Crippen LogP contribution in [0, 0.1) is 0 Å². The first-order valence-electron chi connectivity index (χ1n) is 7.03. The van der Waals surface area contributed by atoms with Crippen molar-refractivity contribution in [2.75, 3.05) is 6.54 Å². The summed E-state index contributed by atoms with van der Waals surface area (Å²) in [6, 6.07) is 13.9. The van der Waals surface area contributed by atoms with Gasteiger partial charge in [0.2, 0.25) is 5.91 Å². The van der Waals surface area contributed by atoms with Crippen LogP contribution < -0.4 is 5.32 Å². The number of hydrogen-bond donors (Lipinski definition) is 1. The number of rotatable bonds is 6. The highest BCUT2D eigenvalue weighted by Gasteiger charge is 2.20. The van der Waals surface area contributed by atoms with E-state index in [2.05, 4.69) is 17.2 Å². The van der Waals surface area contributed by atoms with Gasteiger partial charge in [-0.05, 0) is 36.1 Å². The Labute approximate surface area is 120 Å². The molecular formula is C17H20N2O. The Morgan fingerprint density at radius 2 is 1.85 bits per heavy atom. The maximum Gasteiger partial charge on any atom is 0.227 e. The van der Waals surface area contributed by atoms with Crippen molar-refractivity contribution in [1.29, 1.82) is 0 Å². The molecule has 3 nitrogen and oxygen atoms in total. The molecule has 0 radical (unpaired) electrons. The number of nitrogens with one attached hydrogen (secondary N) is 1. The van der Waals surface area contributed by atoms with Gasteiger partial charge in [0.1, 0.15) is 0 Å². The zero-order valence-electron chi connectivity index (χ0n) is 11.8. The zero-order valence-corrected chi connectivity index (χ0v) is 11.8. The Kier molecular flexibility index (Phi) is 5.30. The van der Waals surface area contributed by atoms with Crippen molar-refractivity contribution in [3.8, 4) is 0 Å². The summed E-state index contributed by atoms with van der Waals surface area (Å²) < 4.78 is 0. The molecule has 1 aromatic heterocycles. The fourth-order valence-electron chi connectivity index (χ4n) is 2.17. The number of amides is 1. The number of carbonyl (C=O) groups is 1. The Morgan fingerprint density at radius 1 is 1.15 bits per heavy atom. The van der Waals surface area contributed by atoms with Gasteiger partial charge in [-0.1, -0.05) is 37.3 Å². The van der Waals surface area contributed by atoms with Crippen LogP contribution in [0.25, 0.3) is 0 Å². The summed E-state index contributed by atoms with van der Waals surface area (Å²) in [4.78, 5) is 16.4. The van der Waals surface area contributed by atoms with Gasteiger partial charge in [-0.2, -0.15) is 0 Å². The molecule has 2 aromatic rings. The standard InChI is InChI=1S/C17H20N2O/c1-2-10-19-17(20)16(15-6-4-3-5-7-15)13-14-8-11-18-12-9-14/h3-9,11-12,16H,2,10,13H2,1H3,(H,19,20). The molecule has 0 saturated carbocycles. The van der Waals surface area contributed by atoms with Crippen molar-refractivity contribution < 1.29 is 4.79 Å². The monoisotopic (exact) mass is 268 g/mol. The predicted octanol–water partition coefficient (Wildman–Crippen LogP) is 2.93. The van der Waals surface area contributed by atoms with Crippen LogP contribution in [-0.4, -0.2) is 17.4 Å². The third kappa shape index (κ3) is 3.92. The highest BCUT2D eigenvalue weighted by atomic mass is 16.1. The molecular weight excluding hydrogens is 248 g/mol. The summed E-state index contributed by atoms with van der Waals surface area (Å²) in [5.41, 5.74) is 2.18. The lowest BCUT2D eigenvalue weighted by atomic mass is 9.91. The first-order valence-corrected chi connectivity index (χ1v) is 7.03. The Bertz CT molecular complexity index is 525. The molecule has 0 fully saturated rings. The molecule has 1 N–H and O–H groups in total. The van der Waals surface area contributed by atoms with Crippen molar-refractivity contribution in [3.05, 3.63) is 66.0 Å². The van der Waals surface area contributed by atoms with E-state index in [4.69, 9.17) is 0 Å². The molecule has 3 heteroatoms. The molecule has 1 aromatic carbocycles. The van der Waals surface area contributed by atoms with Crippen molar-refractivity contribution in [3.63, 3.8) is 0 Å². The van der Waals surface area contributed by atoms with Crippen molar-refractivity contribution in [2.24, 2.45) is 0 Å². The lowest BCUT2D eigenvalue weighted by molar-refractivity contribution is -0.122. The molecule has 2 rings (SSSR count). The Hall–Kier alpha value is -2.16. The summed E-state index contributed by atoms with van der Waals surface area (Å²) in [5, 5.41) is 3.00. The lowest BCUT2D eigenvalue weighted by Crippen LogP contribution is -2.31. The number of carbonyl (C=O) groups excluding carboxylic acids is 1. The van der Waals surface area contributed by atoms with Gasteiger partial charge in [-0.3, -0.25) is 9.78 Å². The van der Waals surface area contributed by atoms with Gasteiger partial charge < -0.3 is 5.32 Å². The van der Waals surface area contributed by atoms with Gasteiger partial charge in [0, 0.05) is 18.9 Å². The zero-order chi connectivity index (χ0) is 14.2. The fraction of sp³-hybridized carbons (Fsp3) is 0.294. The maximum atomic E-state index is 12.4. The Morgan fingerprint density at radius 3 is 2.50 bits per heavy atom. The van der Waals surface area contributed by atoms with Crippen molar-refractivity contribution >= 4 is 5.91 Å². The second kappa shape index (κ2) is 7.43. The first kappa shape index (κ1) is 14.3.